The summed E-state index contributed by atoms with van der Waals surface area (Å²) in [5.74, 6) is -0.360. The topological polar surface area (TPSA) is 51.2 Å². The van der Waals surface area contributed by atoms with Gasteiger partial charge in [0.05, 0.1) is 28.8 Å². The third-order valence-corrected chi connectivity index (χ3v) is 4.61. The van der Waals surface area contributed by atoms with Crippen LogP contribution in [0.4, 0.5) is 11.4 Å². The first-order valence-corrected chi connectivity index (χ1v) is 9.84. The van der Waals surface area contributed by atoms with Gasteiger partial charge in [-0.15, -0.1) is 0 Å². The van der Waals surface area contributed by atoms with Crippen molar-refractivity contribution in [2.75, 3.05) is 5.32 Å². The third kappa shape index (κ3) is 5.15. The number of esters is 1. The van der Waals surface area contributed by atoms with Crippen LogP contribution in [0.3, 0.4) is 0 Å². The van der Waals surface area contributed by atoms with Gasteiger partial charge in [0, 0.05) is 10.6 Å². The Kier molecular flexibility index (Phi) is 5.94. The molecular weight excluding hydrogens is 384 g/mol. The van der Waals surface area contributed by atoms with Crippen LogP contribution in [0.2, 0.25) is 5.02 Å². The molecule has 1 aromatic heterocycles. The lowest BCUT2D eigenvalue weighted by atomic mass is 10.1. The number of aromatic nitrogens is 1. The summed E-state index contributed by atoms with van der Waals surface area (Å²) in [5.41, 5.74) is 5.08. The van der Waals surface area contributed by atoms with E-state index in [1.807, 2.05) is 83.1 Å². The van der Waals surface area contributed by atoms with Crippen molar-refractivity contribution in [2.24, 2.45) is 0 Å². The van der Waals surface area contributed by atoms with Crippen LogP contribution >= 0.6 is 11.6 Å². The molecule has 0 saturated carbocycles. The van der Waals surface area contributed by atoms with Gasteiger partial charge >= 0.3 is 5.97 Å². The normalized spacial score (nSPS) is 11.2. The first-order chi connectivity index (χ1) is 13.6. The lowest BCUT2D eigenvalue weighted by molar-refractivity contribution is 0.00706. The molecule has 5 heteroatoms. The second-order valence-electron chi connectivity index (χ2n) is 8.05. The summed E-state index contributed by atoms with van der Waals surface area (Å²) in [6.45, 7) is 9.50. The maximum atomic E-state index is 12.7. The van der Waals surface area contributed by atoms with E-state index in [1.165, 1.54) is 0 Å². The standard InChI is InChI=1S/C24H25ClN2O2/c1-15-10-11-21(19(12-15)23(28)29-24(3,4)5)27-17-13-16(2)22(26-14-17)18-8-6-7-9-20(18)25/h6-14,27H,1-5H3. The molecule has 0 aliphatic carbocycles. The highest BCUT2D eigenvalue weighted by molar-refractivity contribution is 6.33. The molecule has 0 atom stereocenters. The zero-order chi connectivity index (χ0) is 21.2. The lowest BCUT2D eigenvalue weighted by Gasteiger charge is -2.21. The number of halogens is 1. The molecule has 29 heavy (non-hydrogen) atoms. The van der Waals surface area contributed by atoms with Gasteiger partial charge < -0.3 is 10.1 Å². The van der Waals surface area contributed by atoms with Crippen molar-refractivity contribution in [3.05, 3.63) is 76.4 Å². The number of hydrogen-bond donors (Lipinski definition) is 1. The van der Waals surface area contributed by atoms with Crippen molar-refractivity contribution in [2.45, 2.75) is 40.2 Å². The summed E-state index contributed by atoms with van der Waals surface area (Å²) >= 11 is 6.32. The Morgan fingerprint density at radius 3 is 2.45 bits per heavy atom. The lowest BCUT2D eigenvalue weighted by Crippen LogP contribution is -2.24. The second-order valence-corrected chi connectivity index (χ2v) is 8.45. The Hall–Kier alpha value is -2.85. The smallest absolute Gasteiger partial charge is 0.340 e. The zero-order valence-corrected chi connectivity index (χ0v) is 18.1. The summed E-state index contributed by atoms with van der Waals surface area (Å²) < 4.78 is 5.56. The van der Waals surface area contributed by atoms with Crippen LogP contribution in [0.15, 0.2) is 54.7 Å². The fourth-order valence-electron chi connectivity index (χ4n) is 3.00. The predicted octanol–water partition coefficient (Wildman–Crippen LogP) is 6.72. The first kappa shape index (κ1) is 20.9. The van der Waals surface area contributed by atoms with E-state index in [-0.39, 0.29) is 5.97 Å². The van der Waals surface area contributed by atoms with Crippen molar-refractivity contribution in [3.63, 3.8) is 0 Å². The predicted molar refractivity (Wildman–Crippen MR) is 119 cm³/mol. The number of hydrogen-bond acceptors (Lipinski definition) is 4. The molecule has 1 heterocycles. The average Bonchev–Trinajstić information content (AvgIpc) is 2.63. The van der Waals surface area contributed by atoms with E-state index in [0.717, 1.165) is 28.1 Å². The van der Waals surface area contributed by atoms with Gasteiger partial charge in [-0.3, -0.25) is 4.98 Å². The monoisotopic (exact) mass is 408 g/mol. The van der Waals surface area contributed by atoms with Gasteiger partial charge in [-0.25, -0.2) is 4.79 Å². The van der Waals surface area contributed by atoms with Crippen molar-refractivity contribution in [1.29, 1.82) is 0 Å². The van der Waals surface area contributed by atoms with E-state index >= 15 is 0 Å². The number of carbonyl (C=O) groups excluding carboxylic acids is 1. The molecule has 0 amide bonds. The van der Waals surface area contributed by atoms with E-state index in [2.05, 4.69) is 10.3 Å². The fraction of sp³-hybridized carbons (Fsp3) is 0.250. The molecule has 0 spiro atoms. The average molecular weight is 409 g/mol. The number of benzene rings is 2. The first-order valence-electron chi connectivity index (χ1n) is 9.46. The SMILES string of the molecule is Cc1ccc(Nc2cnc(-c3ccccc3Cl)c(C)c2)c(C(=O)OC(C)(C)C)c1. The van der Waals surface area contributed by atoms with Gasteiger partial charge in [-0.1, -0.05) is 41.4 Å². The van der Waals surface area contributed by atoms with Crippen molar-refractivity contribution < 1.29 is 9.53 Å². The summed E-state index contributed by atoms with van der Waals surface area (Å²) in [7, 11) is 0. The number of rotatable bonds is 4. The van der Waals surface area contributed by atoms with Crippen LogP contribution in [-0.4, -0.2) is 16.6 Å². The van der Waals surface area contributed by atoms with Gasteiger partial charge in [0.2, 0.25) is 0 Å². The number of nitrogens with one attached hydrogen (secondary N) is 1. The molecular formula is C24H25ClN2O2. The molecule has 4 nitrogen and oxygen atoms in total. The van der Waals surface area contributed by atoms with E-state index < -0.39 is 5.60 Å². The van der Waals surface area contributed by atoms with Gasteiger partial charge in [0.25, 0.3) is 0 Å². The van der Waals surface area contributed by atoms with Crippen LogP contribution in [-0.2, 0) is 4.74 Å². The number of aryl methyl sites for hydroxylation is 2. The molecule has 1 N–H and O–H groups in total. The Bertz CT molecular complexity index is 1050. The summed E-state index contributed by atoms with van der Waals surface area (Å²) in [6, 6.07) is 15.3. The highest BCUT2D eigenvalue weighted by Gasteiger charge is 2.21. The second kappa shape index (κ2) is 8.26. The van der Waals surface area contributed by atoms with Crippen molar-refractivity contribution >= 4 is 28.9 Å². The highest BCUT2D eigenvalue weighted by atomic mass is 35.5. The molecule has 3 aromatic rings. The molecule has 0 saturated heterocycles. The molecule has 0 aliphatic rings. The van der Waals surface area contributed by atoms with Gasteiger partial charge in [0.1, 0.15) is 5.60 Å². The Morgan fingerprint density at radius 1 is 1.07 bits per heavy atom. The minimum atomic E-state index is -0.563. The number of anilines is 2. The van der Waals surface area contributed by atoms with Crippen LogP contribution in [0, 0.1) is 13.8 Å². The van der Waals surface area contributed by atoms with Crippen LogP contribution in [0.25, 0.3) is 11.3 Å². The van der Waals surface area contributed by atoms with Crippen LogP contribution in [0.1, 0.15) is 42.3 Å². The summed E-state index contributed by atoms with van der Waals surface area (Å²) in [5, 5.41) is 3.97. The van der Waals surface area contributed by atoms with Crippen molar-refractivity contribution in [3.8, 4) is 11.3 Å². The van der Waals surface area contributed by atoms with Crippen LogP contribution < -0.4 is 5.32 Å². The van der Waals surface area contributed by atoms with E-state index in [1.54, 1.807) is 6.20 Å². The Labute approximate surface area is 176 Å². The Morgan fingerprint density at radius 2 is 1.79 bits per heavy atom. The van der Waals surface area contributed by atoms with Crippen LogP contribution in [0.5, 0.6) is 0 Å². The number of carbonyl (C=O) groups is 1. The van der Waals surface area contributed by atoms with Gasteiger partial charge in [-0.05, 0) is 64.4 Å². The zero-order valence-electron chi connectivity index (χ0n) is 17.3. The Balaban J connectivity index is 1.92. The third-order valence-electron chi connectivity index (χ3n) is 4.28. The molecule has 0 unspecified atom stereocenters. The fourth-order valence-corrected chi connectivity index (χ4v) is 3.23. The van der Waals surface area contributed by atoms with E-state index in [0.29, 0.717) is 16.3 Å². The van der Waals surface area contributed by atoms with E-state index in [4.69, 9.17) is 16.3 Å². The maximum absolute atomic E-state index is 12.7. The summed E-state index contributed by atoms with van der Waals surface area (Å²) in [4.78, 5) is 17.3. The van der Waals surface area contributed by atoms with Gasteiger partial charge in [0.15, 0.2) is 0 Å². The van der Waals surface area contributed by atoms with Gasteiger partial charge in [-0.2, -0.15) is 0 Å². The largest absolute Gasteiger partial charge is 0.456 e. The molecule has 0 bridgehead atoms. The number of pyridine rings is 1. The number of nitrogens with zero attached hydrogens (tertiary/aromatic N) is 1. The quantitative estimate of drug-likeness (QED) is 0.487. The molecule has 150 valence electrons. The van der Waals surface area contributed by atoms with E-state index in [9.17, 15) is 4.79 Å². The minimum Gasteiger partial charge on any atom is -0.456 e. The molecule has 0 fully saturated rings. The molecule has 2 aromatic carbocycles. The molecule has 3 rings (SSSR count). The molecule has 0 radical (unpaired) electrons. The van der Waals surface area contributed by atoms with Crippen molar-refractivity contribution in [1.82, 2.24) is 4.98 Å². The highest BCUT2D eigenvalue weighted by Crippen LogP contribution is 2.31. The number of ether oxygens (including phenoxy) is 1. The summed E-state index contributed by atoms with van der Waals surface area (Å²) in [6.07, 6.45) is 1.74. The molecule has 0 aliphatic heterocycles. The minimum absolute atomic E-state index is 0.360. The maximum Gasteiger partial charge on any atom is 0.340 e.